The fourth-order valence-electron chi connectivity index (χ4n) is 2.37. The highest BCUT2D eigenvalue weighted by molar-refractivity contribution is 7.13. The van der Waals surface area contributed by atoms with E-state index in [-0.39, 0.29) is 0 Å². The Balaban J connectivity index is 1.57. The van der Waals surface area contributed by atoms with Crippen molar-refractivity contribution in [3.8, 4) is 0 Å². The third kappa shape index (κ3) is 3.26. The number of anilines is 1. The lowest BCUT2D eigenvalue weighted by molar-refractivity contribution is 0.250. The zero-order valence-electron chi connectivity index (χ0n) is 10.9. The number of hydrogen-bond donors (Lipinski definition) is 0. The molecule has 1 aliphatic rings. The number of hydrogen-bond acceptors (Lipinski definition) is 4. The number of piperazine rings is 1. The van der Waals surface area contributed by atoms with E-state index < -0.39 is 0 Å². The minimum absolute atomic E-state index is 0.615. The first kappa shape index (κ1) is 14.1. The van der Waals surface area contributed by atoms with Gasteiger partial charge in [-0.2, -0.15) is 0 Å². The van der Waals surface area contributed by atoms with Crippen molar-refractivity contribution in [3.63, 3.8) is 0 Å². The molecule has 106 valence electrons. The molecule has 0 bridgehead atoms. The quantitative estimate of drug-likeness (QED) is 0.855. The van der Waals surface area contributed by atoms with Crippen LogP contribution in [0.4, 0.5) is 5.13 Å². The number of thiazole rings is 1. The normalized spacial score (nSPS) is 16.6. The molecule has 0 amide bonds. The minimum atomic E-state index is 0.615. The van der Waals surface area contributed by atoms with Gasteiger partial charge in [0.2, 0.25) is 0 Å². The maximum atomic E-state index is 6.06. The Morgan fingerprint density at radius 1 is 1.10 bits per heavy atom. The lowest BCUT2D eigenvalue weighted by Gasteiger charge is -2.34. The van der Waals surface area contributed by atoms with Gasteiger partial charge in [-0.05, 0) is 17.7 Å². The molecule has 1 aromatic heterocycles. The van der Waals surface area contributed by atoms with Gasteiger partial charge in [0.1, 0.15) is 0 Å². The maximum absolute atomic E-state index is 6.06. The Morgan fingerprint density at radius 2 is 1.90 bits per heavy atom. The second kappa shape index (κ2) is 6.31. The van der Waals surface area contributed by atoms with E-state index in [1.54, 1.807) is 11.3 Å². The van der Waals surface area contributed by atoms with Crippen molar-refractivity contribution in [1.29, 1.82) is 0 Å². The summed E-state index contributed by atoms with van der Waals surface area (Å²) in [4.78, 5) is 9.14. The summed E-state index contributed by atoms with van der Waals surface area (Å²) in [5.74, 6) is 0. The second-order valence-corrected chi connectivity index (χ2v) is 6.51. The predicted octanol–water partition coefficient (Wildman–Crippen LogP) is 3.77. The predicted molar refractivity (Wildman–Crippen MR) is 86.1 cm³/mol. The average molecular weight is 328 g/mol. The van der Waals surface area contributed by atoms with Crippen LogP contribution in [0.3, 0.4) is 0 Å². The molecule has 0 spiro atoms. The van der Waals surface area contributed by atoms with Crippen molar-refractivity contribution in [2.45, 2.75) is 6.54 Å². The number of benzene rings is 1. The van der Waals surface area contributed by atoms with Gasteiger partial charge in [-0.25, -0.2) is 4.98 Å². The SMILES string of the molecule is Clc1ccc(CN2CCN(c3nccs3)CC2)cc1Cl. The summed E-state index contributed by atoms with van der Waals surface area (Å²) < 4.78 is 0. The molecule has 0 saturated carbocycles. The van der Waals surface area contributed by atoms with Crippen molar-refractivity contribution in [1.82, 2.24) is 9.88 Å². The molecule has 0 atom stereocenters. The summed E-state index contributed by atoms with van der Waals surface area (Å²) in [6.07, 6.45) is 1.86. The van der Waals surface area contributed by atoms with Crippen LogP contribution < -0.4 is 4.90 Å². The van der Waals surface area contributed by atoms with Gasteiger partial charge in [0.25, 0.3) is 0 Å². The molecule has 0 radical (unpaired) electrons. The van der Waals surface area contributed by atoms with Gasteiger partial charge in [0, 0.05) is 44.3 Å². The fraction of sp³-hybridized carbons (Fsp3) is 0.357. The van der Waals surface area contributed by atoms with E-state index in [9.17, 15) is 0 Å². The van der Waals surface area contributed by atoms with Crippen molar-refractivity contribution in [3.05, 3.63) is 45.4 Å². The molecule has 0 unspecified atom stereocenters. The van der Waals surface area contributed by atoms with E-state index in [1.807, 2.05) is 29.8 Å². The van der Waals surface area contributed by atoms with Crippen molar-refractivity contribution in [2.24, 2.45) is 0 Å². The standard InChI is InChI=1S/C14H15Cl2N3S/c15-12-2-1-11(9-13(12)16)10-18-4-6-19(7-5-18)14-17-3-8-20-14/h1-3,8-9H,4-7,10H2. The Kier molecular flexibility index (Phi) is 4.46. The molecule has 1 saturated heterocycles. The monoisotopic (exact) mass is 327 g/mol. The molecule has 6 heteroatoms. The third-order valence-corrected chi connectivity index (χ3v) is 5.02. The summed E-state index contributed by atoms with van der Waals surface area (Å²) in [6.45, 7) is 5.05. The van der Waals surface area contributed by atoms with Gasteiger partial charge in [-0.15, -0.1) is 11.3 Å². The Labute approximate surface area is 132 Å². The molecule has 0 N–H and O–H groups in total. The maximum Gasteiger partial charge on any atom is 0.185 e. The first-order chi connectivity index (χ1) is 9.72. The highest BCUT2D eigenvalue weighted by Gasteiger charge is 2.18. The molecule has 20 heavy (non-hydrogen) atoms. The zero-order chi connectivity index (χ0) is 13.9. The summed E-state index contributed by atoms with van der Waals surface area (Å²) in [7, 11) is 0. The van der Waals surface area contributed by atoms with Crippen molar-refractivity contribution in [2.75, 3.05) is 31.1 Å². The molecule has 0 aliphatic carbocycles. The van der Waals surface area contributed by atoms with E-state index in [2.05, 4.69) is 14.8 Å². The number of nitrogens with zero attached hydrogens (tertiary/aromatic N) is 3. The van der Waals surface area contributed by atoms with E-state index in [4.69, 9.17) is 23.2 Å². The average Bonchev–Trinajstić information content (AvgIpc) is 2.98. The highest BCUT2D eigenvalue weighted by atomic mass is 35.5. The smallest absolute Gasteiger partial charge is 0.185 e. The van der Waals surface area contributed by atoms with Gasteiger partial charge < -0.3 is 4.90 Å². The van der Waals surface area contributed by atoms with Crippen LogP contribution in [0.25, 0.3) is 0 Å². The van der Waals surface area contributed by atoms with Gasteiger partial charge in [0.05, 0.1) is 10.0 Å². The summed E-state index contributed by atoms with van der Waals surface area (Å²) in [5.41, 5.74) is 1.21. The van der Waals surface area contributed by atoms with Crippen LogP contribution in [0, 0.1) is 0 Å². The summed E-state index contributed by atoms with van der Waals surface area (Å²) >= 11 is 13.7. The van der Waals surface area contributed by atoms with Crippen LogP contribution in [0.15, 0.2) is 29.8 Å². The molecular formula is C14H15Cl2N3S. The highest BCUT2D eigenvalue weighted by Crippen LogP contribution is 2.24. The number of halogens is 2. The zero-order valence-corrected chi connectivity index (χ0v) is 13.3. The first-order valence-electron chi connectivity index (χ1n) is 6.53. The van der Waals surface area contributed by atoms with Crippen molar-refractivity contribution >= 4 is 39.7 Å². The first-order valence-corrected chi connectivity index (χ1v) is 8.16. The van der Waals surface area contributed by atoms with Crippen LogP contribution in [0.2, 0.25) is 10.0 Å². The minimum Gasteiger partial charge on any atom is -0.346 e. The van der Waals surface area contributed by atoms with Crippen LogP contribution in [0.5, 0.6) is 0 Å². The van der Waals surface area contributed by atoms with Crippen molar-refractivity contribution < 1.29 is 0 Å². The molecule has 3 rings (SSSR count). The van der Waals surface area contributed by atoms with Crippen LogP contribution in [0.1, 0.15) is 5.56 Å². The molecule has 2 aromatic rings. The molecule has 1 aromatic carbocycles. The topological polar surface area (TPSA) is 19.4 Å². The van der Waals surface area contributed by atoms with Gasteiger partial charge in [-0.1, -0.05) is 29.3 Å². The van der Waals surface area contributed by atoms with Gasteiger partial charge in [-0.3, -0.25) is 4.90 Å². The Hall–Kier alpha value is -0.810. The van der Waals surface area contributed by atoms with Gasteiger partial charge >= 0.3 is 0 Å². The third-order valence-electron chi connectivity index (χ3n) is 3.45. The van der Waals surface area contributed by atoms with E-state index in [0.29, 0.717) is 10.0 Å². The fourth-order valence-corrected chi connectivity index (χ4v) is 3.38. The summed E-state index contributed by atoms with van der Waals surface area (Å²) in [5, 5.41) is 4.39. The van der Waals surface area contributed by atoms with Gasteiger partial charge in [0.15, 0.2) is 5.13 Å². The Morgan fingerprint density at radius 3 is 2.55 bits per heavy atom. The largest absolute Gasteiger partial charge is 0.346 e. The van der Waals surface area contributed by atoms with E-state index in [0.717, 1.165) is 37.9 Å². The van der Waals surface area contributed by atoms with E-state index in [1.165, 1.54) is 5.56 Å². The second-order valence-electron chi connectivity index (χ2n) is 4.83. The molecule has 1 fully saturated rings. The molecule has 1 aliphatic heterocycles. The summed E-state index contributed by atoms with van der Waals surface area (Å²) in [6, 6.07) is 5.86. The molecule has 3 nitrogen and oxygen atoms in total. The van der Waals surface area contributed by atoms with Crippen LogP contribution in [-0.4, -0.2) is 36.1 Å². The number of rotatable bonds is 3. The number of aromatic nitrogens is 1. The Bertz CT molecular complexity index is 566. The van der Waals surface area contributed by atoms with Crippen LogP contribution >= 0.6 is 34.5 Å². The molecular weight excluding hydrogens is 313 g/mol. The lowest BCUT2D eigenvalue weighted by atomic mass is 10.2. The molecule has 2 heterocycles. The van der Waals surface area contributed by atoms with Crippen LogP contribution in [-0.2, 0) is 6.54 Å². The lowest BCUT2D eigenvalue weighted by Crippen LogP contribution is -2.45. The van der Waals surface area contributed by atoms with E-state index >= 15 is 0 Å².